The zero-order valence-corrected chi connectivity index (χ0v) is 18.6. The number of imide groups is 1. The number of hydrogen-bond donors (Lipinski definition) is 1. The van der Waals surface area contributed by atoms with Gasteiger partial charge in [-0.1, -0.05) is 35.9 Å². The van der Waals surface area contributed by atoms with E-state index < -0.39 is 11.8 Å². The maximum absolute atomic E-state index is 14.0. The van der Waals surface area contributed by atoms with E-state index in [1.807, 2.05) is 50.7 Å². The Morgan fingerprint density at radius 2 is 1.97 bits per heavy atom. The van der Waals surface area contributed by atoms with Gasteiger partial charge in [0.15, 0.2) is 0 Å². The fraction of sp³-hybridized carbons (Fsp3) is 0.160. The number of benzene rings is 1. The summed E-state index contributed by atoms with van der Waals surface area (Å²) >= 11 is 6.22. The van der Waals surface area contributed by atoms with E-state index in [2.05, 4.69) is 10.3 Å². The molecule has 0 radical (unpaired) electrons. The minimum Gasteiger partial charge on any atom is -0.362 e. The molecule has 6 nitrogen and oxygen atoms in total. The minimum absolute atomic E-state index is 0.323. The molecule has 2 aromatic rings. The summed E-state index contributed by atoms with van der Waals surface area (Å²) in [5.74, 6) is -0.812. The van der Waals surface area contributed by atoms with Gasteiger partial charge in [0.05, 0.1) is 17.2 Å². The third kappa shape index (κ3) is 4.22. The van der Waals surface area contributed by atoms with Gasteiger partial charge in [0.25, 0.3) is 5.91 Å². The Kier molecular flexibility index (Phi) is 6.23. The van der Waals surface area contributed by atoms with Crippen LogP contribution in [0.25, 0.3) is 0 Å². The van der Waals surface area contributed by atoms with Crippen LogP contribution in [-0.2, 0) is 4.79 Å². The summed E-state index contributed by atoms with van der Waals surface area (Å²) in [6.07, 6.45) is 13.5. The van der Waals surface area contributed by atoms with E-state index >= 15 is 0 Å². The van der Waals surface area contributed by atoms with Crippen LogP contribution in [0.3, 0.4) is 0 Å². The predicted molar refractivity (Wildman–Crippen MR) is 128 cm³/mol. The van der Waals surface area contributed by atoms with Crippen LogP contribution in [0.1, 0.15) is 16.8 Å². The Morgan fingerprint density at radius 1 is 1.12 bits per heavy atom. The summed E-state index contributed by atoms with van der Waals surface area (Å²) in [4.78, 5) is 35.1. The van der Waals surface area contributed by atoms with Crippen LogP contribution >= 0.6 is 11.6 Å². The van der Waals surface area contributed by atoms with Gasteiger partial charge in [-0.25, -0.2) is 9.88 Å². The van der Waals surface area contributed by atoms with E-state index in [-0.39, 0.29) is 5.91 Å². The molecule has 1 atom stereocenters. The molecule has 162 valence electrons. The molecule has 32 heavy (non-hydrogen) atoms. The Balaban J connectivity index is 1.81. The van der Waals surface area contributed by atoms with Crippen LogP contribution in [0.4, 0.5) is 11.5 Å². The largest absolute Gasteiger partial charge is 0.362 e. The fourth-order valence-electron chi connectivity index (χ4n) is 3.81. The average Bonchev–Trinajstić information content (AvgIpc) is 3.04. The first-order valence-corrected chi connectivity index (χ1v) is 10.6. The van der Waals surface area contributed by atoms with E-state index in [1.54, 1.807) is 47.5 Å². The molecule has 2 amide bonds. The van der Waals surface area contributed by atoms with Gasteiger partial charge in [0, 0.05) is 37.2 Å². The van der Waals surface area contributed by atoms with Crippen molar-refractivity contribution >= 4 is 34.9 Å². The molecule has 1 unspecified atom stereocenters. The molecule has 7 heteroatoms. The van der Waals surface area contributed by atoms with Crippen LogP contribution in [0, 0.1) is 5.92 Å². The first-order chi connectivity index (χ1) is 15.5. The molecule has 0 fully saturated rings. The Hall–Kier alpha value is -3.64. The zero-order valence-electron chi connectivity index (χ0n) is 17.8. The maximum atomic E-state index is 14.0. The molecule has 4 rings (SSSR count). The van der Waals surface area contributed by atoms with Gasteiger partial charge in [-0.05, 0) is 54.5 Å². The van der Waals surface area contributed by atoms with Crippen molar-refractivity contribution in [2.45, 2.75) is 6.42 Å². The highest BCUT2D eigenvalue weighted by molar-refractivity contribution is 6.31. The van der Waals surface area contributed by atoms with Gasteiger partial charge in [0.1, 0.15) is 5.82 Å². The minimum atomic E-state index is -0.527. The molecule has 2 heterocycles. The molecule has 2 aliphatic rings. The number of amides is 2. The van der Waals surface area contributed by atoms with E-state index in [0.29, 0.717) is 28.5 Å². The first kappa shape index (κ1) is 21.6. The lowest BCUT2D eigenvalue weighted by molar-refractivity contribution is -0.120. The van der Waals surface area contributed by atoms with Crippen LogP contribution < -0.4 is 15.1 Å². The number of nitrogens with zero attached hydrogens (tertiary/aromatic N) is 3. The molecule has 1 aromatic heterocycles. The number of carbonyl (C=O) groups is 2. The number of halogens is 1. The summed E-state index contributed by atoms with van der Waals surface area (Å²) < 4.78 is 0. The molecular formula is C25H23ClN4O2. The third-order valence-corrected chi connectivity index (χ3v) is 5.53. The number of allylic oxidation sites excluding steroid dienone is 5. The number of carbonyl (C=O) groups excluding carboxylic acids is 2. The van der Waals surface area contributed by atoms with Crippen LogP contribution in [0.2, 0.25) is 5.02 Å². The quantitative estimate of drug-likeness (QED) is 0.701. The Labute approximate surface area is 192 Å². The summed E-state index contributed by atoms with van der Waals surface area (Å²) in [7, 11) is 3.62. The topological polar surface area (TPSA) is 65.5 Å². The van der Waals surface area contributed by atoms with Crippen molar-refractivity contribution in [3.8, 4) is 0 Å². The van der Waals surface area contributed by atoms with Gasteiger partial charge in [0.2, 0.25) is 5.91 Å². The average molecular weight is 447 g/mol. The predicted octanol–water partition coefficient (Wildman–Crippen LogP) is 4.48. The van der Waals surface area contributed by atoms with Crippen LogP contribution in [-0.4, -0.2) is 30.9 Å². The van der Waals surface area contributed by atoms with E-state index in [4.69, 9.17) is 11.6 Å². The van der Waals surface area contributed by atoms with Crippen molar-refractivity contribution in [3.05, 3.63) is 101 Å². The van der Waals surface area contributed by atoms with E-state index in [0.717, 1.165) is 11.3 Å². The van der Waals surface area contributed by atoms with Crippen LogP contribution in [0.15, 0.2) is 90.4 Å². The van der Waals surface area contributed by atoms with E-state index in [9.17, 15) is 9.59 Å². The molecule has 1 N–H and O–H groups in total. The zero-order chi connectivity index (χ0) is 22.7. The highest BCUT2D eigenvalue weighted by Gasteiger charge is 2.35. The van der Waals surface area contributed by atoms with Gasteiger partial charge >= 0.3 is 0 Å². The van der Waals surface area contributed by atoms with Crippen molar-refractivity contribution < 1.29 is 9.59 Å². The molecule has 0 saturated carbocycles. The highest BCUT2D eigenvalue weighted by atomic mass is 35.5. The number of rotatable bonds is 4. The second-order valence-corrected chi connectivity index (χ2v) is 8.09. The number of hydrogen-bond acceptors (Lipinski definition) is 5. The highest BCUT2D eigenvalue weighted by Crippen LogP contribution is 2.32. The Morgan fingerprint density at radius 3 is 2.75 bits per heavy atom. The van der Waals surface area contributed by atoms with Gasteiger partial charge < -0.3 is 10.2 Å². The molecule has 1 aliphatic carbocycles. The van der Waals surface area contributed by atoms with Crippen molar-refractivity contribution in [1.82, 2.24) is 10.3 Å². The lowest BCUT2D eigenvalue weighted by atomic mass is 9.87. The number of nitrogens with one attached hydrogen (secondary N) is 1. The summed E-state index contributed by atoms with van der Waals surface area (Å²) in [6.45, 7) is 0. The molecule has 0 bridgehead atoms. The maximum Gasteiger partial charge on any atom is 0.268 e. The monoisotopic (exact) mass is 446 g/mol. The van der Waals surface area contributed by atoms with Crippen LogP contribution in [0.5, 0.6) is 0 Å². The smallest absolute Gasteiger partial charge is 0.268 e. The standard InChI is InChI=1S/C25H23ClN4O2/c1-29(2)23-21(12-7-15-28-23)25(32)30(18-9-5-8-17(26)16-18)24(31)20-11-6-13-22-19(20)10-3-4-14-27-22/h3-10,12-16,20,27H,11H2,1-2H3. The number of anilines is 2. The van der Waals surface area contributed by atoms with Gasteiger partial charge in [-0.2, -0.15) is 0 Å². The lowest BCUT2D eigenvalue weighted by Crippen LogP contribution is -2.42. The van der Waals surface area contributed by atoms with Crippen molar-refractivity contribution in [2.24, 2.45) is 5.92 Å². The second-order valence-electron chi connectivity index (χ2n) is 7.65. The fourth-order valence-corrected chi connectivity index (χ4v) is 4.00. The van der Waals surface area contributed by atoms with Crippen molar-refractivity contribution in [3.63, 3.8) is 0 Å². The molecule has 1 aromatic carbocycles. The molecule has 0 saturated heterocycles. The van der Waals surface area contributed by atoms with E-state index in [1.165, 1.54) is 4.90 Å². The summed E-state index contributed by atoms with van der Waals surface area (Å²) in [5.41, 5.74) is 2.43. The summed E-state index contributed by atoms with van der Waals surface area (Å²) in [6, 6.07) is 10.1. The normalized spacial score (nSPS) is 16.8. The Bertz CT molecular complexity index is 1180. The molecule has 0 spiro atoms. The second kappa shape index (κ2) is 9.24. The first-order valence-electron chi connectivity index (χ1n) is 10.2. The van der Waals surface area contributed by atoms with Gasteiger partial charge in [-0.3, -0.25) is 9.59 Å². The van der Waals surface area contributed by atoms with Crippen molar-refractivity contribution in [2.75, 3.05) is 23.9 Å². The van der Waals surface area contributed by atoms with Gasteiger partial charge in [-0.15, -0.1) is 0 Å². The molecular weight excluding hydrogens is 424 g/mol. The number of pyridine rings is 1. The molecule has 1 aliphatic heterocycles. The third-order valence-electron chi connectivity index (χ3n) is 5.29. The SMILES string of the molecule is CN(C)c1ncccc1C(=O)N(C(=O)C1CC=CC2=C1C=CC=CN2)c1cccc(Cl)c1. The summed E-state index contributed by atoms with van der Waals surface area (Å²) in [5, 5.41) is 3.64. The number of aromatic nitrogens is 1. The lowest BCUT2D eigenvalue weighted by Gasteiger charge is -2.29. The van der Waals surface area contributed by atoms with Crippen molar-refractivity contribution in [1.29, 1.82) is 0 Å².